The lowest BCUT2D eigenvalue weighted by Crippen LogP contribution is -2.46. The molecule has 0 rings (SSSR count). The topological polar surface area (TPSA) is 46.3 Å². The van der Waals surface area contributed by atoms with Crippen molar-refractivity contribution < 1.29 is 18.0 Å². The SMILES string of the molecule is CCN(CC(F)(F)F)C(=O)C(C(N)=S)C(C)C. The molecule has 17 heavy (non-hydrogen) atoms. The Hall–Kier alpha value is -0.850. The largest absolute Gasteiger partial charge is 0.406 e. The second-order valence-electron chi connectivity index (χ2n) is 4.09. The fourth-order valence-corrected chi connectivity index (χ4v) is 1.87. The first-order valence-electron chi connectivity index (χ1n) is 5.25. The third-order valence-corrected chi connectivity index (χ3v) is 2.56. The van der Waals surface area contributed by atoms with E-state index in [9.17, 15) is 18.0 Å². The molecule has 0 heterocycles. The normalized spacial score (nSPS) is 13.6. The second-order valence-corrected chi connectivity index (χ2v) is 4.56. The van der Waals surface area contributed by atoms with Gasteiger partial charge in [0.25, 0.3) is 0 Å². The Kier molecular flexibility index (Phi) is 5.87. The van der Waals surface area contributed by atoms with Crippen LogP contribution in [0.2, 0.25) is 0 Å². The van der Waals surface area contributed by atoms with E-state index >= 15 is 0 Å². The second kappa shape index (κ2) is 6.18. The summed E-state index contributed by atoms with van der Waals surface area (Å²) in [6.45, 7) is 3.59. The Balaban J connectivity index is 4.89. The molecule has 1 amide bonds. The minimum atomic E-state index is -4.41. The summed E-state index contributed by atoms with van der Waals surface area (Å²) in [5, 5.41) is 0. The Bertz CT molecular complexity index is 292. The van der Waals surface area contributed by atoms with Crippen molar-refractivity contribution in [3.63, 3.8) is 0 Å². The number of rotatable bonds is 5. The quantitative estimate of drug-likeness (QED) is 0.777. The van der Waals surface area contributed by atoms with Gasteiger partial charge in [0.15, 0.2) is 0 Å². The highest BCUT2D eigenvalue weighted by Gasteiger charge is 2.36. The maximum Gasteiger partial charge on any atom is 0.406 e. The molecule has 0 aliphatic rings. The molecule has 0 aromatic carbocycles. The lowest BCUT2D eigenvalue weighted by Gasteiger charge is -2.28. The average molecular weight is 270 g/mol. The Morgan fingerprint density at radius 3 is 2.12 bits per heavy atom. The number of carbonyl (C=O) groups is 1. The molecule has 0 aromatic rings. The van der Waals surface area contributed by atoms with Crippen LogP contribution in [-0.2, 0) is 4.79 Å². The van der Waals surface area contributed by atoms with Crippen LogP contribution in [-0.4, -0.2) is 35.1 Å². The van der Waals surface area contributed by atoms with Crippen LogP contribution in [0.25, 0.3) is 0 Å². The summed E-state index contributed by atoms with van der Waals surface area (Å²) in [5.41, 5.74) is 5.40. The van der Waals surface area contributed by atoms with Gasteiger partial charge in [0.2, 0.25) is 5.91 Å². The molecule has 100 valence electrons. The van der Waals surface area contributed by atoms with Gasteiger partial charge in [0.1, 0.15) is 6.54 Å². The molecule has 7 heteroatoms. The number of nitrogens with zero attached hydrogens (tertiary/aromatic N) is 1. The van der Waals surface area contributed by atoms with Gasteiger partial charge in [0, 0.05) is 6.54 Å². The number of carbonyl (C=O) groups excluding carboxylic acids is 1. The van der Waals surface area contributed by atoms with Crippen molar-refractivity contribution >= 4 is 23.1 Å². The molecule has 2 N–H and O–H groups in total. The van der Waals surface area contributed by atoms with E-state index in [1.807, 2.05) is 0 Å². The van der Waals surface area contributed by atoms with Crippen molar-refractivity contribution in [2.24, 2.45) is 17.6 Å². The van der Waals surface area contributed by atoms with Gasteiger partial charge in [-0.2, -0.15) is 13.2 Å². The fraction of sp³-hybridized carbons (Fsp3) is 0.800. The van der Waals surface area contributed by atoms with Crippen molar-refractivity contribution in [3.05, 3.63) is 0 Å². The van der Waals surface area contributed by atoms with Gasteiger partial charge < -0.3 is 10.6 Å². The number of amides is 1. The molecule has 1 atom stereocenters. The highest BCUT2D eigenvalue weighted by Crippen LogP contribution is 2.20. The molecule has 0 fully saturated rings. The molecule has 0 aromatic heterocycles. The number of hydrogen-bond donors (Lipinski definition) is 1. The molecular weight excluding hydrogens is 253 g/mol. The van der Waals surface area contributed by atoms with Crippen molar-refractivity contribution in [1.82, 2.24) is 4.90 Å². The standard InChI is InChI=1S/C10H17F3N2OS/c1-4-15(5-10(11,12)13)9(16)7(6(2)3)8(14)17/h6-7H,4-5H2,1-3H3,(H2,14,17). The van der Waals surface area contributed by atoms with Crippen LogP contribution in [0.4, 0.5) is 13.2 Å². The summed E-state index contributed by atoms with van der Waals surface area (Å²) >= 11 is 4.73. The van der Waals surface area contributed by atoms with E-state index in [1.165, 1.54) is 6.92 Å². The van der Waals surface area contributed by atoms with Crippen molar-refractivity contribution in [3.8, 4) is 0 Å². The summed E-state index contributed by atoms with van der Waals surface area (Å²) in [6, 6.07) is 0. The lowest BCUT2D eigenvalue weighted by molar-refractivity contribution is -0.162. The smallest absolute Gasteiger partial charge is 0.393 e. The van der Waals surface area contributed by atoms with Gasteiger partial charge >= 0.3 is 6.18 Å². The fourth-order valence-electron chi connectivity index (χ4n) is 1.49. The predicted molar refractivity (Wildman–Crippen MR) is 63.4 cm³/mol. The number of thiocarbonyl (C=S) groups is 1. The third-order valence-electron chi connectivity index (χ3n) is 2.30. The number of halogens is 3. The zero-order valence-electron chi connectivity index (χ0n) is 10.0. The van der Waals surface area contributed by atoms with Crippen LogP contribution < -0.4 is 5.73 Å². The van der Waals surface area contributed by atoms with E-state index in [2.05, 4.69) is 0 Å². The van der Waals surface area contributed by atoms with Crippen LogP contribution in [0.1, 0.15) is 20.8 Å². The molecule has 0 bridgehead atoms. The van der Waals surface area contributed by atoms with E-state index < -0.39 is 24.5 Å². The molecule has 3 nitrogen and oxygen atoms in total. The van der Waals surface area contributed by atoms with Crippen LogP contribution in [0.3, 0.4) is 0 Å². The summed E-state index contributed by atoms with van der Waals surface area (Å²) in [5.74, 6) is -1.72. The zero-order chi connectivity index (χ0) is 13.8. The summed E-state index contributed by atoms with van der Waals surface area (Å²) in [4.78, 5) is 12.6. The number of nitrogens with two attached hydrogens (primary N) is 1. The van der Waals surface area contributed by atoms with Gasteiger partial charge in [-0.15, -0.1) is 0 Å². The average Bonchev–Trinajstić information content (AvgIpc) is 2.11. The third kappa shape index (κ3) is 5.34. The van der Waals surface area contributed by atoms with E-state index in [0.717, 1.165) is 4.90 Å². The predicted octanol–water partition coefficient (Wildman–Crippen LogP) is 1.96. The van der Waals surface area contributed by atoms with Gasteiger partial charge in [-0.3, -0.25) is 4.79 Å². The van der Waals surface area contributed by atoms with Gasteiger partial charge in [0.05, 0.1) is 10.9 Å². The molecular formula is C10H17F3N2OS. The Morgan fingerprint density at radius 2 is 1.88 bits per heavy atom. The minimum Gasteiger partial charge on any atom is -0.393 e. The molecule has 0 aliphatic carbocycles. The molecule has 0 saturated carbocycles. The number of alkyl halides is 3. The lowest BCUT2D eigenvalue weighted by atomic mass is 9.94. The van der Waals surface area contributed by atoms with E-state index in [4.69, 9.17) is 18.0 Å². The first-order chi connectivity index (χ1) is 7.60. The molecule has 0 spiro atoms. The van der Waals surface area contributed by atoms with Crippen LogP contribution >= 0.6 is 12.2 Å². The van der Waals surface area contributed by atoms with Gasteiger partial charge in [-0.1, -0.05) is 26.1 Å². The summed E-state index contributed by atoms with van der Waals surface area (Å²) in [6.07, 6.45) is -4.41. The van der Waals surface area contributed by atoms with Crippen molar-refractivity contribution in [1.29, 1.82) is 0 Å². The van der Waals surface area contributed by atoms with Crippen LogP contribution in [0.15, 0.2) is 0 Å². The van der Waals surface area contributed by atoms with Crippen molar-refractivity contribution in [2.75, 3.05) is 13.1 Å². The van der Waals surface area contributed by atoms with E-state index in [0.29, 0.717) is 0 Å². The van der Waals surface area contributed by atoms with E-state index in [-0.39, 0.29) is 17.5 Å². The van der Waals surface area contributed by atoms with Gasteiger partial charge in [-0.05, 0) is 12.8 Å². The number of hydrogen-bond acceptors (Lipinski definition) is 2. The monoisotopic (exact) mass is 270 g/mol. The van der Waals surface area contributed by atoms with Crippen molar-refractivity contribution in [2.45, 2.75) is 26.9 Å². The molecule has 0 radical (unpaired) electrons. The molecule has 0 saturated heterocycles. The molecule has 1 unspecified atom stereocenters. The Morgan fingerprint density at radius 1 is 1.41 bits per heavy atom. The summed E-state index contributed by atoms with van der Waals surface area (Å²) in [7, 11) is 0. The molecule has 0 aliphatic heterocycles. The minimum absolute atomic E-state index is 0.0236. The summed E-state index contributed by atoms with van der Waals surface area (Å²) < 4.78 is 36.8. The zero-order valence-corrected chi connectivity index (χ0v) is 10.9. The maximum absolute atomic E-state index is 12.3. The highest BCUT2D eigenvalue weighted by molar-refractivity contribution is 7.80. The van der Waals surface area contributed by atoms with Crippen LogP contribution in [0, 0.1) is 11.8 Å². The van der Waals surface area contributed by atoms with E-state index in [1.54, 1.807) is 13.8 Å². The van der Waals surface area contributed by atoms with Crippen LogP contribution in [0.5, 0.6) is 0 Å². The van der Waals surface area contributed by atoms with Gasteiger partial charge in [-0.25, -0.2) is 0 Å². The Labute approximate surface area is 104 Å². The first kappa shape index (κ1) is 16.1. The first-order valence-corrected chi connectivity index (χ1v) is 5.65. The highest BCUT2D eigenvalue weighted by atomic mass is 32.1. The maximum atomic E-state index is 12.3.